The van der Waals surface area contributed by atoms with Crippen molar-refractivity contribution < 1.29 is 9.59 Å². The molecule has 0 spiro atoms. The number of aryl methyl sites for hydroxylation is 2. The predicted molar refractivity (Wildman–Crippen MR) is 65.5 cm³/mol. The SMILES string of the molecule is Cc1ccc(CC2CCC(=O)NC2=O)cc1C. The van der Waals surface area contributed by atoms with E-state index in [1.54, 1.807) is 0 Å². The van der Waals surface area contributed by atoms with Crippen molar-refractivity contribution in [2.45, 2.75) is 33.1 Å². The summed E-state index contributed by atoms with van der Waals surface area (Å²) in [4.78, 5) is 22.7. The number of imide groups is 1. The standard InChI is InChI=1S/C14H17NO2/c1-9-3-4-11(7-10(9)2)8-12-5-6-13(16)15-14(12)17/h3-4,7,12H,5-6,8H2,1-2H3,(H,15,16,17). The van der Waals surface area contributed by atoms with E-state index in [1.807, 2.05) is 0 Å². The number of nitrogens with one attached hydrogen (secondary N) is 1. The summed E-state index contributed by atoms with van der Waals surface area (Å²) in [6.07, 6.45) is 1.85. The smallest absolute Gasteiger partial charge is 0.230 e. The molecule has 1 aromatic rings. The quantitative estimate of drug-likeness (QED) is 0.790. The number of benzene rings is 1. The normalized spacial score (nSPS) is 20.2. The summed E-state index contributed by atoms with van der Waals surface area (Å²) in [6, 6.07) is 6.27. The van der Waals surface area contributed by atoms with Crippen LogP contribution in [0.3, 0.4) is 0 Å². The van der Waals surface area contributed by atoms with Crippen LogP contribution in [0.5, 0.6) is 0 Å². The Morgan fingerprint density at radius 1 is 1.24 bits per heavy atom. The summed E-state index contributed by atoms with van der Waals surface area (Å²) >= 11 is 0. The third-order valence-corrected chi connectivity index (χ3v) is 3.41. The van der Waals surface area contributed by atoms with Crippen molar-refractivity contribution in [2.24, 2.45) is 5.92 Å². The average molecular weight is 231 g/mol. The fraction of sp³-hybridized carbons (Fsp3) is 0.429. The van der Waals surface area contributed by atoms with Crippen LogP contribution in [0.1, 0.15) is 29.5 Å². The molecule has 0 radical (unpaired) electrons. The molecule has 0 aliphatic carbocycles. The minimum atomic E-state index is -0.147. The molecule has 90 valence electrons. The van der Waals surface area contributed by atoms with E-state index in [9.17, 15) is 9.59 Å². The lowest BCUT2D eigenvalue weighted by atomic mass is 9.90. The van der Waals surface area contributed by atoms with Gasteiger partial charge in [-0.25, -0.2) is 0 Å². The van der Waals surface area contributed by atoms with Crippen molar-refractivity contribution in [3.8, 4) is 0 Å². The second kappa shape index (κ2) is 4.70. The molecule has 17 heavy (non-hydrogen) atoms. The first-order chi connectivity index (χ1) is 8.06. The Morgan fingerprint density at radius 2 is 2.00 bits per heavy atom. The van der Waals surface area contributed by atoms with Crippen LogP contribution < -0.4 is 5.32 Å². The summed E-state index contributed by atoms with van der Waals surface area (Å²) in [5.41, 5.74) is 3.68. The summed E-state index contributed by atoms with van der Waals surface area (Å²) in [5, 5.41) is 2.40. The Kier molecular flexibility index (Phi) is 3.27. The maximum absolute atomic E-state index is 11.6. The molecule has 3 heteroatoms. The fourth-order valence-electron chi connectivity index (χ4n) is 2.15. The van der Waals surface area contributed by atoms with E-state index >= 15 is 0 Å². The van der Waals surface area contributed by atoms with E-state index in [-0.39, 0.29) is 17.7 Å². The Labute approximate surface area is 101 Å². The van der Waals surface area contributed by atoms with Crippen LogP contribution in [0.2, 0.25) is 0 Å². The molecule has 2 amide bonds. The monoisotopic (exact) mass is 231 g/mol. The van der Waals surface area contributed by atoms with E-state index in [0.29, 0.717) is 12.8 Å². The van der Waals surface area contributed by atoms with Crippen molar-refractivity contribution in [1.82, 2.24) is 5.32 Å². The largest absolute Gasteiger partial charge is 0.296 e. The topological polar surface area (TPSA) is 46.2 Å². The highest BCUT2D eigenvalue weighted by Crippen LogP contribution is 2.19. The van der Waals surface area contributed by atoms with Crippen LogP contribution in [0.15, 0.2) is 18.2 Å². The van der Waals surface area contributed by atoms with Gasteiger partial charge < -0.3 is 0 Å². The number of piperidine rings is 1. The van der Waals surface area contributed by atoms with Gasteiger partial charge in [0.15, 0.2) is 0 Å². The molecule has 1 unspecified atom stereocenters. The summed E-state index contributed by atoms with van der Waals surface area (Å²) in [6.45, 7) is 4.15. The van der Waals surface area contributed by atoms with Crippen LogP contribution in [-0.2, 0) is 16.0 Å². The van der Waals surface area contributed by atoms with Crippen LogP contribution >= 0.6 is 0 Å². The van der Waals surface area contributed by atoms with Gasteiger partial charge in [0.25, 0.3) is 0 Å². The third kappa shape index (κ3) is 2.73. The van der Waals surface area contributed by atoms with E-state index < -0.39 is 0 Å². The zero-order chi connectivity index (χ0) is 12.4. The van der Waals surface area contributed by atoms with Crippen molar-refractivity contribution >= 4 is 11.8 Å². The molecule has 2 rings (SSSR count). The van der Waals surface area contributed by atoms with Crippen molar-refractivity contribution in [1.29, 1.82) is 0 Å². The summed E-state index contributed by atoms with van der Waals surface area (Å²) in [5.74, 6) is -0.333. The van der Waals surface area contributed by atoms with Gasteiger partial charge in [0.2, 0.25) is 11.8 Å². The molecule has 1 aliphatic heterocycles. The Balaban J connectivity index is 2.08. The fourth-order valence-corrected chi connectivity index (χ4v) is 2.15. The lowest BCUT2D eigenvalue weighted by Gasteiger charge is -2.20. The number of amides is 2. The molecule has 1 aromatic carbocycles. The number of hydrogen-bond donors (Lipinski definition) is 1. The number of carbonyl (C=O) groups is 2. The summed E-state index contributed by atoms with van der Waals surface area (Å²) < 4.78 is 0. The molecular formula is C14H17NO2. The number of carbonyl (C=O) groups excluding carboxylic acids is 2. The second-order valence-corrected chi connectivity index (χ2v) is 4.77. The van der Waals surface area contributed by atoms with Gasteiger partial charge in [-0.2, -0.15) is 0 Å². The molecule has 1 saturated heterocycles. The lowest BCUT2D eigenvalue weighted by molar-refractivity contribution is -0.136. The van der Waals surface area contributed by atoms with Crippen molar-refractivity contribution in [3.63, 3.8) is 0 Å². The van der Waals surface area contributed by atoms with Crippen molar-refractivity contribution in [2.75, 3.05) is 0 Å². The zero-order valence-corrected chi connectivity index (χ0v) is 10.2. The first kappa shape index (κ1) is 11.8. The van der Waals surface area contributed by atoms with Crippen LogP contribution in [-0.4, -0.2) is 11.8 Å². The van der Waals surface area contributed by atoms with E-state index in [2.05, 4.69) is 37.4 Å². The molecule has 1 fully saturated rings. The minimum absolute atomic E-state index is 0.0604. The minimum Gasteiger partial charge on any atom is -0.296 e. The highest BCUT2D eigenvalue weighted by Gasteiger charge is 2.26. The Hall–Kier alpha value is -1.64. The van der Waals surface area contributed by atoms with E-state index in [4.69, 9.17) is 0 Å². The maximum atomic E-state index is 11.6. The average Bonchev–Trinajstić information content (AvgIpc) is 2.27. The first-order valence-electron chi connectivity index (χ1n) is 5.96. The van der Waals surface area contributed by atoms with Gasteiger partial charge in [-0.1, -0.05) is 18.2 Å². The second-order valence-electron chi connectivity index (χ2n) is 4.77. The van der Waals surface area contributed by atoms with Crippen LogP contribution in [0.4, 0.5) is 0 Å². The van der Waals surface area contributed by atoms with Gasteiger partial charge >= 0.3 is 0 Å². The van der Waals surface area contributed by atoms with Crippen molar-refractivity contribution in [3.05, 3.63) is 34.9 Å². The maximum Gasteiger partial charge on any atom is 0.230 e. The van der Waals surface area contributed by atoms with Gasteiger partial charge in [0, 0.05) is 12.3 Å². The van der Waals surface area contributed by atoms with Crippen LogP contribution in [0.25, 0.3) is 0 Å². The molecule has 0 bridgehead atoms. The molecule has 1 aliphatic rings. The Bertz CT molecular complexity index is 465. The van der Waals surface area contributed by atoms with Gasteiger partial charge in [-0.3, -0.25) is 14.9 Å². The molecule has 0 saturated carbocycles. The molecular weight excluding hydrogens is 214 g/mol. The van der Waals surface area contributed by atoms with E-state index in [1.165, 1.54) is 16.7 Å². The zero-order valence-electron chi connectivity index (χ0n) is 10.2. The summed E-state index contributed by atoms with van der Waals surface area (Å²) in [7, 11) is 0. The van der Waals surface area contributed by atoms with Gasteiger partial charge in [0.05, 0.1) is 0 Å². The van der Waals surface area contributed by atoms with Gasteiger partial charge in [-0.05, 0) is 43.4 Å². The number of rotatable bonds is 2. The Morgan fingerprint density at radius 3 is 2.65 bits per heavy atom. The number of hydrogen-bond acceptors (Lipinski definition) is 2. The van der Waals surface area contributed by atoms with Gasteiger partial charge in [-0.15, -0.1) is 0 Å². The molecule has 3 nitrogen and oxygen atoms in total. The predicted octanol–water partition coefficient (Wildman–Crippen LogP) is 1.90. The molecule has 0 aromatic heterocycles. The molecule has 1 atom stereocenters. The third-order valence-electron chi connectivity index (χ3n) is 3.41. The van der Waals surface area contributed by atoms with E-state index in [0.717, 1.165) is 6.42 Å². The lowest BCUT2D eigenvalue weighted by Crippen LogP contribution is -2.41. The van der Waals surface area contributed by atoms with Gasteiger partial charge in [0.1, 0.15) is 0 Å². The molecule has 1 N–H and O–H groups in total. The first-order valence-corrected chi connectivity index (χ1v) is 5.96. The highest BCUT2D eigenvalue weighted by atomic mass is 16.2. The van der Waals surface area contributed by atoms with Crippen LogP contribution in [0, 0.1) is 19.8 Å². The highest BCUT2D eigenvalue weighted by molar-refractivity contribution is 5.98. The molecule has 1 heterocycles.